The highest BCUT2D eigenvalue weighted by Crippen LogP contribution is 2.48. The molecule has 4 N–H and O–H groups in total. The van der Waals surface area contributed by atoms with E-state index in [1.54, 1.807) is 24.3 Å². The number of Topliss-reactive ketones (excluding diaryl/α,β-unsaturated/α-hetero) is 1. The molecule has 2 saturated carbocycles. The Hall–Kier alpha value is -3.02. The van der Waals surface area contributed by atoms with Gasteiger partial charge >= 0.3 is 5.97 Å². The SMILES string of the molecule is CCC1CCC(C2CCC3(CC2)CC(=O)c2ccc(OC(=O)c4cc(N)cc(N)c4)cc2O3)CC1. The maximum atomic E-state index is 13.0. The van der Waals surface area contributed by atoms with Crippen LogP contribution in [0.5, 0.6) is 11.5 Å². The summed E-state index contributed by atoms with van der Waals surface area (Å²) in [6.07, 6.45) is 11.2. The van der Waals surface area contributed by atoms with Crippen molar-refractivity contribution < 1.29 is 19.1 Å². The van der Waals surface area contributed by atoms with Gasteiger partial charge in [-0.3, -0.25) is 4.79 Å². The van der Waals surface area contributed by atoms with Crippen LogP contribution in [-0.4, -0.2) is 17.4 Å². The van der Waals surface area contributed by atoms with Gasteiger partial charge in [-0.25, -0.2) is 4.79 Å². The van der Waals surface area contributed by atoms with Crippen molar-refractivity contribution in [1.82, 2.24) is 0 Å². The number of carbonyl (C=O) groups excluding carboxylic acids is 2. The zero-order valence-corrected chi connectivity index (χ0v) is 20.6. The van der Waals surface area contributed by atoms with E-state index in [0.29, 0.717) is 34.9 Å². The number of benzene rings is 2. The van der Waals surface area contributed by atoms with E-state index in [0.717, 1.165) is 43.4 Å². The summed E-state index contributed by atoms with van der Waals surface area (Å²) in [5, 5.41) is 0. The van der Waals surface area contributed by atoms with Gasteiger partial charge in [-0.05, 0) is 86.6 Å². The van der Waals surface area contributed by atoms with Gasteiger partial charge in [-0.15, -0.1) is 0 Å². The Balaban J connectivity index is 1.26. The Morgan fingerprint density at radius 2 is 1.63 bits per heavy atom. The monoisotopic (exact) mass is 476 g/mol. The molecule has 2 fully saturated rings. The molecule has 0 radical (unpaired) electrons. The minimum Gasteiger partial charge on any atom is -0.486 e. The molecule has 1 spiro atoms. The highest BCUT2D eigenvalue weighted by molar-refractivity contribution is 6.01. The van der Waals surface area contributed by atoms with E-state index in [9.17, 15) is 9.59 Å². The second-order valence-electron chi connectivity index (χ2n) is 10.8. The van der Waals surface area contributed by atoms with E-state index in [1.807, 2.05) is 0 Å². The van der Waals surface area contributed by atoms with E-state index in [1.165, 1.54) is 44.2 Å². The average Bonchev–Trinajstić information content (AvgIpc) is 2.84. The quantitative estimate of drug-likeness (QED) is 0.310. The van der Waals surface area contributed by atoms with Gasteiger partial charge in [-0.1, -0.05) is 26.2 Å². The van der Waals surface area contributed by atoms with Crippen LogP contribution in [0.25, 0.3) is 0 Å². The summed E-state index contributed by atoms with van der Waals surface area (Å²) in [5.74, 6) is 2.89. The molecular weight excluding hydrogens is 440 g/mol. The predicted molar refractivity (Wildman–Crippen MR) is 137 cm³/mol. The summed E-state index contributed by atoms with van der Waals surface area (Å²) >= 11 is 0. The lowest BCUT2D eigenvalue weighted by atomic mass is 9.66. The number of fused-ring (bicyclic) bond motifs is 1. The third kappa shape index (κ3) is 5.02. The lowest BCUT2D eigenvalue weighted by Crippen LogP contribution is -2.45. The number of ether oxygens (including phenoxy) is 2. The van der Waals surface area contributed by atoms with Crippen LogP contribution in [0.1, 0.15) is 91.8 Å². The van der Waals surface area contributed by atoms with Crippen molar-refractivity contribution in [3.8, 4) is 11.5 Å². The number of hydrogen-bond acceptors (Lipinski definition) is 6. The summed E-state index contributed by atoms with van der Waals surface area (Å²) in [5.41, 5.74) is 12.8. The van der Waals surface area contributed by atoms with Crippen LogP contribution < -0.4 is 20.9 Å². The second kappa shape index (κ2) is 9.56. The summed E-state index contributed by atoms with van der Waals surface area (Å²) in [6, 6.07) is 9.63. The highest BCUT2D eigenvalue weighted by Gasteiger charge is 2.44. The van der Waals surface area contributed by atoms with Crippen molar-refractivity contribution in [2.45, 2.75) is 76.7 Å². The molecule has 2 aliphatic carbocycles. The molecule has 6 nitrogen and oxygen atoms in total. The number of ketones is 1. The molecule has 0 aromatic heterocycles. The number of nitrogens with two attached hydrogens (primary N) is 2. The van der Waals surface area contributed by atoms with Gasteiger partial charge < -0.3 is 20.9 Å². The van der Waals surface area contributed by atoms with E-state index in [-0.39, 0.29) is 11.3 Å². The lowest BCUT2D eigenvalue weighted by molar-refractivity contribution is -0.00938. The van der Waals surface area contributed by atoms with Crippen molar-refractivity contribution in [3.63, 3.8) is 0 Å². The van der Waals surface area contributed by atoms with Crippen molar-refractivity contribution in [3.05, 3.63) is 47.5 Å². The number of rotatable bonds is 4. The number of esters is 1. The van der Waals surface area contributed by atoms with Gasteiger partial charge in [0.2, 0.25) is 0 Å². The minimum atomic E-state index is -0.556. The number of nitrogen functional groups attached to an aromatic ring is 2. The normalized spacial score (nSPS) is 28.3. The van der Waals surface area contributed by atoms with E-state index >= 15 is 0 Å². The molecule has 186 valence electrons. The molecule has 0 saturated heterocycles. The van der Waals surface area contributed by atoms with Crippen molar-refractivity contribution in [2.24, 2.45) is 17.8 Å². The van der Waals surface area contributed by atoms with E-state index in [2.05, 4.69) is 6.92 Å². The summed E-state index contributed by atoms with van der Waals surface area (Å²) in [4.78, 5) is 25.7. The molecule has 0 atom stereocenters. The Morgan fingerprint density at radius 1 is 0.971 bits per heavy atom. The van der Waals surface area contributed by atoms with Gasteiger partial charge in [0, 0.05) is 17.4 Å². The van der Waals surface area contributed by atoms with Crippen LogP contribution in [0.2, 0.25) is 0 Å². The maximum Gasteiger partial charge on any atom is 0.343 e. The summed E-state index contributed by atoms with van der Waals surface area (Å²) < 4.78 is 12.1. The van der Waals surface area contributed by atoms with Crippen molar-refractivity contribution in [2.75, 3.05) is 11.5 Å². The molecule has 0 amide bonds. The molecule has 35 heavy (non-hydrogen) atoms. The second-order valence-corrected chi connectivity index (χ2v) is 10.8. The van der Waals surface area contributed by atoms with Gasteiger partial charge in [0.15, 0.2) is 5.78 Å². The van der Waals surface area contributed by atoms with Crippen LogP contribution in [0.4, 0.5) is 11.4 Å². The first kappa shape index (κ1) is 23.7. The zero-order chi connectivity index (χ0) is 24.6. The largest absolute Gasteiger partial charge is 0.486 e. The van der Waals surface area contributed by atoms with Crippen LogP contribution in [0, 0.1) is 17.8 Å². The Morgan fingerprint density at radius 3 is 2.29 bits per heavy atom. The molecule has 2 aromatic rings. The highest BCUT2D eigenvalue weighted by atomic mass is 16.5. The van der Waals surface area contributed by atoms with Crippen molar-refractivity contribution in [1.29, 1.82) is 0 Å². The van der Waals surface area contributed by atoms with Gasteiger partial charge in [0.05, 0.1) is 17.5 Å². The number of hydrogen-bond donors (Lipinski definition) is 2. The van der Waals surface area contributed by atoms with Crippen LogP contribution in [0.15, 0.2) is 36.4 Å². The van der Waals surface area contributed by atoms with Gasteiger partial charge in [0.1, 0.15) is 17.1 Å². The third-order valence-corrected chi connectivity index (χ3v) is 8.56. The number of anilines is 2. The van der Waals surface area contributed by atoms with Gasteiger partial charge in [0.25, 0.3) is 0 Å². The third-order valence-electron chi connectivity index (χ3n) is 8.56. The topological polar surface area (TPSA) is 105 Å². The molecule has 5 rings (SSSR count). The molecule has 2 aromatic carbocycles. The van der Waals surface area contributed by atoms with E-state index in [4.69, 9.17) is 20.9 Å². The Labute approximate surface area is 207 Å². The smallest absolute Gasteiger partial charge is 0.343 e. The van der Waals surface area contributed by atoms with E-state index < -0.39 is 11.6 Å². The van der Waals surface area contributed by atoms with Crippen molar-refractivity contribution >= 4 is 23.1 Å². The molecular formula is C29H36N2O4. The fraction of sp³-hybridized carbons (Fsp3) is 0.517. The molecule has 1 heterocycles. The zero-order valence-electron chi connectivity index (χ0n) is 20.6. The molecule has 0 unspecified atom stereocenters. The Bertz CT molecular complexity index is 1090. The molecule has 6 heteroatoms. The molecule has 3 aliphatic rings. The average molecular weight is 477 g/mol. The summed E-state index contributed by atoms with van der Waals surface area (Å²) in [6.45, 7) is 2.31. The summed E-state index contributed by atoms with van der Waals surface area (Å²) in [7, 11) is 0. The van der Waals surface area contributed by atoms with Gasteiger partial charge in [-0.2, -0.15) is 0 Å². The lowest BCUT2D eigenvalue weighted by Gasteiger charge is -2.45. The number of carbonyl (C=O) groups is 2. The minimum absolute atomic E-state index is 0.106. The molecule has 0 bridgehead atoms. The van der Waals surface area contributed by atoms with Crippen LogP contribution in [-0.2, 0) is 0 Å². The predicted octanol–water partition coefficient (Wildman–Crippen LogP) is 6.18. The Kier molecular flexibility index (Phi) is 6.47. The molecule has 1 aliphatic heterocycles. The first-order valence-electron chi connectivity index (χ1n) is 13.1. The first-order chi connectivity index (χ1) is 16.8. The fourth-order valence-corrected chi connectivity index (χ4v) is 6.48. The first-order valence-corrected chi connectivity index (χ1v) is 13.1. The van der Waals surface area contributed by atoms with Crippen LogP contribution >= 0.6 is 0 Å². The maximum absolute atomic E-state index is 13.0. The standard InChI is InChI=1S/C29H36N2O4/c1-2-18-3-5-19(6-4-18)20-9-11-29(12-10-20)17-26(32)25-8-7-24(16-27(25)35-29)34-28(33)21-13-22(30)15-23(31)14-21/h7-8,13-16,18-20H,2-6,9-12,17,30-31H2,1H3. The van der Waals surface area contributed by atoms with Crippen LogP contribution in [0.3, 0.4) is 0 Å². The fourth-order valence-electron chi connectivity index (χ4n) is 6.48.